The first-order valence-electron chi connectivity index (χ1n) is 40.3. The maximum Gasteiger partial charge on any atom is 0.256 e. The average molecular weight is 1410 g/mol. The van der Waals surface area contributed by atoms with Crippen LogP contribution in [0.25, 0.3) is 32.7 Å². The van der Waals surface area contributed by atoms with Crippen LogP contribution in [0, 0.1) is 11.8 Å². The number of nitrogens with zero attached hydrogens (tertiary/aromatic N) is 8. The van der Waals surface area contributed by atoms with Crippen LogP contribution in [0.2, 0.25) is 0 Å². The Morgan fingerprint density at radius 1 is 0.422 bits per heavy atom. The van der Waals surface area contributed by atoms with Crippen LogP contribution in [0.4, 0.5) is 0 Å². The summed E-state index contributed by atoms with van der Waals surface area (Å²) in [4.78, 5) is 1.47. The second kappa shape index (κ2) is 38.8. The van der Waals surface area contributed by atoms with Crippen molar-refractivity contribution in [2.75, 3.05) is 20.1 Å². The fraction of sp³-hybridized carbons (Fsp3) is 0.581. The molecule has 0 radical (unpaired) electrons. The number of hydrogen-bond donors (Lipinski definition) is 0. The standard InChI is InChI=1S/3C15H20N.C14H22N.C13H23N2.C12H26N.C9H16NS/c1-11(2)14-9-5-7-13-8-6-10-16(12(3)4)15(13)14;1-11(2)13-7-8-15-14(10-13)6-5-9-16(15)12(3)4;1-11(2)14-8-7-13-6-5-9-16(12(3)4)15(13)10-14;1-11(2)15(12(3)4)9-13-7-5-6-8-14(13)10-15;1-10(2)12-9-15(11(3)4)13-7-5-6-8-14(12)13;1-10(2)12-6-8-13(5,9-7-12)11(3)4;1-7(2)9-5-6-10(11-9)8(3)4/h3*5-12H,1-4H3;5-8,11-12H,9-10H2,1-4H3;9-11H,5-8H2,1-4H3;10-12H,6-9H2,1-5H3;5-8H,1-4H3/q7*+1. The lowest BCUT2D eigenvalue weighted by atomic mass is 9.85. The van der Waals surface area contributed by atoms with Crippen molar-refractivity contribution in [3.8, 4) is 0 Å². The first-order valence-corrected chi connectivity index (χ1v) is 41.0. The smallest absolute Gasteiger partial charge is 0.256 e. The fourth-order valence-corrected chi connectivity index (χ4v) is 16.0. The van der Waals surface area contributed by atoms with E-state index in [-0.39, 0.29) is 0 Å². The largest absolute Gasteiger partial charge is 0.324 e. The molecule has 0 N–H and O–H groups in total. The van der Waals surface area contributed by atoms with E-state index in [1.54, 1.807) is 17.0 Å². The molecule has 8 nitrogen and oxygen atoms in total. The Hall–Kier alpha value is -6.13. The van der Waals surface area contributed by atoms with Crippen LogP contribution in [0.1, 0.15) is 324 Å². The van der Waals surface area contributed by atoms with E-state index in [1.807, 2.05) is 11.5 Å². The van der Waals surface area contributed by atoms with Crippen molar-refractivity contribution < 1.29 is 31.2 Å². The summed E-state index contributed by atoms with van der Waals surface area (Å²) in [5.74, 6) is 6.48. The molecule has 0 bridgehead atoms. The Morgan fingerprint density at radius 3 is 1.40 bits per heavy atom. The van der Waals surface area contributed by atoms with Crippen LogP contribution in [0.5, 0.6) is 0 Å². The molecule has 3 aliphatic rings. The van der Waals surface area contributed by atoms with Crippen molar-refractivity contribution in [2.45, 2.75) is 324 Å². The zero-order valence-electron chi connectivity index (χ0n) is 70.2. The maximum atomic E-state index is 2.55. The number of aromatic nitrogens is 6. The highest BCUT2D eigenvalue weighted by atomic mass is 32.1. The van der Waals surface area contributed by atoms with Gasteiger partial charge in [-0.15, -0.1) is 3.96 Å². The lowest BCUT2D eigenvalue weighted by molar-refractivity contribution is -0.985. The van der Waals surface area contributed by atoms with Gasteiger partial charge in [-0.1, -0.05) is 132 Å². The maximum absolute atomic E-state index is 2.55. The van der Waals surface area contributed by atoms with E-state index >= 15 is 0 Å². The molecule has 4 aromatic carbocycles. The van der Waals surface area contributed by atoms with Crippen molar-refractivity contribution >= 4 is 44.2 Å². The minimum atomic E-state index is 0.503. The second-order valence-electron chi connectivity index (χ2n) is 34.5. The summed E-state index contributed by atoms with van der Waals surface area (Å²) >= 11 is 1.87. The summed E-state index contributed by atoms with van der Waals surface area (Å²) in [6.07, 6.45) is 17.9. The molecule has 0 saturated carbocycles. The molecule has 0 spiro atoms. The van der Waals surface area contributed by atoms with E-state index in [0.29, 0.717) is 71.9 Å². The topological polar surface area (TPSA) is 24.3 Å². The van der Waals surface area contributed by atoms with E-state index in [0.717, 1.165) is 17.9 Å². The predicted molar refractivity (Wildman–Crippen MR) is 440 cm³/mol. The van der Waals surface area contributed by atoms with Gasteiger partial charge in [-0.2, -0.15) is 13.7 Å². The van der Waals surface area contributed by atoms with Crippen LogP contribution >= 0.6 is 11.5 Å². The Bertz CT molecular complexity index is 3850. The molecule has 1 saturated heterocycles. The highest BCUT2D eigenvalue weighted by Gasteiger charge is 2.41. The fourth-order valence-electron chi connectivity index (χ4n) is 15.1. The quantitative estimate of drug-likeness (QED) is 0.0766. The van der Waals surface area contributed by atoms with Gasteiger partial charge in [0.1, 0.15) is 36.5 Å². The molecule has 8 heterocycles. The van der Waals surface area contributed by atoms with Gasteiger partial charge in [0, 0.05) is 81.6 Å². The normalized spacial score (nSPS) is 16.4. The van der Waals surface area contributed by atoms with E-state index in [1.165, 1.54) is 134 Å². The van der Waals surface area contributed by atoms with Gasteiger partial charge in [0.2, 0.25) is 16.6 Å². The number of pyridine rings is 3. The van der Waals surface area contributed by atoms with Gasteiger partial charge in [0.05, 0.1) is 55.7 Å². The molecular formula is C93H147N8S+7. The molecule has 1 fully saturated rings. The van der Waals surface area contributed by atoms with E-state index in [2.05, 4.69) is 380 Å². The second-order valence-corrected chi connectivity index (χ2v) is 35.6. The number of para-hydroxylation sites is 1. The summed E-state index contributed by atoms with van der Waals surface area (Å²) in [6, 6.07) is 49.2. The van der Waals surface area contributed by atoms with Crippen molar-refractivity contribution in [2.24, 2.45) is 11.8 Å². The van der Waals surface area contributed by atoms with Crippen molar-refractivity contribution in [3.05, 3.63) is 197 Å². The van der Waals surface area contributed by atoms with Crippen molar-refractivity contribution in [3.63, 3.8) is 0 Å². The van der Waals surface area contributed by atoms with Crippen molar-refractivity contribution in [1.29, 1.82) is 0 Å². The molecule has 0 aliphatic carbocycles. The van der Waals surface area contributed by atoms with Gasteiger partial charge in [0.25, 0.3) is 5.82 Å². The van der Waals surface area contributed by atoms with Gasteiger partial charge in [-0.25, -0.2) is 9.13 Å². The number of imidazole rings is 1. The summed E-state index contributed by atoms with van der Waals surface area (Å²) in [5.41, 5.74) is 12.9. The molecule has 12 rings (SSSR count). The van der Waals surface area contributed by atoms with Crippen LogP contribution < -0.4 is 22.2 Å². The first-order chi connectivity index (χ1) is 48.0. The van der Waals surface area contributed by atoms with E-state index in [4.69, 9.17) is 0 Å². The SMILES string of the molecule is CC(C)C1CC[N+](C)(C(C)C)CC1.CC(C)[N+]1(C(C)C)Cc2ccccc2C1.CC(C)c1c[n+](C(C)C)c2n1CCCC2.CC(C)c1cc[n+](C(C)C)s1.CC(C)c1ccc2c(ccc[n+]2C(C)C)c1.CC(C)c1ccc2ccc[n+](C(C)C)c2c1.CC(C)c1cccc2ccc[n+](C(C)C)c12. The summed E-state index contributed by atoms with van der Waals surface area (Å²) in [6.45, 7) is 70.1. The molecule has 9 aromatic rings. The van der Waals surface area contributed by atoms with E-state index in [9.17, 15) is 0 Å². The lowest BCUT2D eigenvalue weighted by Crippen LogP contribution is -2.54. The van der Waals surface area contributed by atoms with Gasteiger partial charge in [-0.3, -0.25) is 0 Å². The molecule has 3 aliphatic heterocycles. The number of fused-ring (bicyclic) bond motifs is 5. The van der Waals surface area contributed by atoms with Crippen LogP contribution in [-0.2, 0) is 26.1 Å². The minimum Gasteiger partial charge on any atom is -0.324 e. The zero-order chi connectivity index (χ0) is 75.7. The third-order valence-electron chi connectivity index (χ3n) is 22.6. The summed E-state index contributed by atoms with van der Waals surface area (Å²) in [5, 5.41) is 3.99. The molecule has 9 heteroatoms. The Morgan fingerprint density at radius 2 is 0.931 bits per heavy atom. The number of rotatable bonds is 14. The third kappa shape index (κ3) is 22.2. The average Bonchev–Trinajstić information content (AvgIpc) is 1.39. The van der Waals surface area contributed by atoms with Crippen LogP contribution in [0.3, 0.4) is 0 Å². The summed E-state index contributed by atoms with van der Waals surface area (Å²) < 4.78 is 16.8. The number of quaternary nitrogens is 2. The molecule has 5 aromatic heterocycles. The third-order valence-corrected chi connectivity index (χ3v) is 24.1. The van der Waals surface area contributed by atoms with E-state index < -0.39 is 0 Å². The highest BCUT2D eigenvalue weighted by molar-refractivity contribution is 7.01. The molecule has 0 amide bonds. The lowest BCUT2D eigenvalue weighted by Gasteiger charge is -2.44. The molecular weight excluding hydrogens is 1260 g/mol. The van der Waals surface area contributed by atoms with Gasteiger partial charge >= 0.3 is 0 Å². The highest BCUT2D eigenvalue weighted by Crippen LogP contribution is 2.36. The van der Waals surface area contributed by atoms with Gasteiger partial charge in [-0.05, 0) is 219 Å². The van der Waals surface area contributed by atoms with Crippen LogP contribution in [0.15, 0.2) is 152 Å². The number of likely N-dealkylation sites (tertiary alicyclic amines) is 1. The van der Waals surface area contributed by atoms with Crippen LogP contribution in [-0.4, -0.2) is 51.8 Å². The monoisotopic (exact) mass is 1410 g/mol. The molecule has 558 valence electrons. The predicted octanol–water partition coefficient (Wildman–Crippen LogP) is 23.3. The number of hydrogen-bond acceptors (Lipinski definition) is 1. The van der Waals surface area contributed by atoms with Gasteiger partial charge < -0.3 is 8.97 Å². The number of piperidine rings is 1. The molecule has 0 atom stereocenters. The Kier molecular flexibility index (Phi) is 32.2. The minimum absolute atomic E-state index is 0.503. The Balaban J connectivity index is 0.000000188. The summed E-state index contributed by atoms with van der Waals surface area (Å²) in [7, 11) is 2.42. The first kappa shape index (κ1) is 84.8. The molecule has 0 unspecified atom stereocenters. The molecule has 102 heavy (non-hydrogen) atoms. The number of benzene rings is 4. The van der Waals surface area contributed by atoms with Gasteiger partial charge in [0.15, 0.2) is 49.0 Å². The van der Waals surface area contributed by atoms with Crippen molar-refractivity contribution in [1.82, 2.24) is 4.57 Å². The Labute approximate surface area is 628 Å². The zero-order valence-corrected chi connectivity index (χ0v) is 71.0.